The first-order valence-electron chi connectivity index (χ1n) is 38.3. The fourth-order valence-electron chi connectivity index (χ4n) is 14.4. The number of hydrogen-bond acceptors (Lipinski definition) is 17. The average molecular weight is 1580 g/mol. The Balaban J connectivity index is 0.000000140. The quantitative estimate of drug-likeness (QED) is 0.0779. The lowest BCUT2D eigenvalue weighted by atomic mass is 9.99. The summed E-state index contributed by atoms with van der Waals surface area (Å²) in [6.45, 7) is 10.5. The lowest BCUT2D eigenvalue weighted by Crippen LogP contribution is -2.33. The zero-order chi connectivity index (χ0) is 82.8. The lowest BCUT2D eigenvalue weighted by Gasteiger charge is -2.21. The highest BCUT2D eigenvalue weighted by Gasteiger charge is 2.28. The van der Waals surface area contributed by atoms with Crippen molar-refractivity contribution >= 4 is 67.2 Å². The van der Waals surface area contributed by atoms with E-state index in [1.54, 1.807) is 117 Å². The molecule has 3 amide bonds. The van der Waals surface area contributed by atoms with Crippen LogP contribution in [0.1, 0.15) is 139 Å². The molecule has 16 aromatic rings. The summed E-state index contributed by atoms with van der Waals surface area (Å²) in [5.74, 6) is 18.8. The van der Waals surface area contributed by atoms with E-state index in [0.29, 0.717) is 131 Å². The number of amides is 3. The van der Waals surface area contributed by atoms with Gasteiger partial charge in [-0.2, -0.15) is 15.3 Å². The molecule has 588 valence electrons. The van der Waals surface area contributed by atoms with Gasteiger partial charge in [-0.15, -0.1) is 0 Å². The zero-order valence-electron chi connectivity index (χ0n) is 65.8. The summed E-state index contributed by atoms with van der Waals surface area (Å²) in [6, 6.07) is 56.2. The molecule has 1 saturated heterocycles. The molecule has 17 rings (SSSR count). The molecule has 6 aromatic carbocycles. The second kappa shape index (κ2) is 34.9. The molecule has 0 bridgehead atoms. The molecule has 0 unspecified atom stereocenters. The second-order valence-corrected chi connectivity index (χ2v) is 28.2. The first kappa shape index (κ1) is 78.6. The Kier molecular flexibility index (Phi) is 23.1. The molecular formula is C93H78N18O8. The Morgan fingerprint density at radius 1 is 0.487 bits per heavy atom. The monoisotopic (exact) mass is 1570 g/mol. The Morgan fingerprint density at radius 3 is 1.36 bits per heavy atom. The van der Waals surface area contributed by atoms with Gasteiger partial charge in [-0.05, 0) is 155 Å². The van der Waals surface area contributed by atoms with Crippen molar-refractivity contribution in [1.82, 2.24) is 83.6 Å². The van der Waals surface area contributed by atoms with E-state index in [1.807, 2.05) is 191 Å². The van der Waals surface area contributed by atoms with E-state index in [1.165, 1.54) is 12.4 Å². The molecule has 0 aliphatic carbocycles. The maximum absolute atomic E-state index is 14.3. The molecule has 1 aliphatic heterocycles. The number of para-hydroxylation sites is 3. The Bertz CT molecular complexity index is 6990. The molecule has 0 spiro atoms. The first-order valence-corrected chi connectivity index (χ1v) is 38.3. The van der Waals surface area contributed by atoms with E-state index in [4.69, 9.17) is 15.2 Å². The van der Waals surface area contributed by atoms with Crippen molar-refractivity contribution in [1.29, 1.82) is 0 Å². The van der Waals surface area contributed by atoms with Gasteiger partial charge in [0.25, 0.3) is 34.4 Å². The van der Waals surface area contributed by atoms with Crippen LogP contribution in [-0.2, 0) is 11.8 Å². The van der Waals surface area contributed by atoms with Crippen molar-refractivity contribution in [3.8, 4) is 58.5 Å². The highest BCUT2D eigenvalue weighted by atomic mass is 16.5. The molecule has 3 atom stereocenters. The number of aromatic nitrogens is 14. The van der Waals surface area contributed by atoms with Gasteiger partial charge in [-0.3, -0.25) is 47.2 Å². The van der Waals surface area contributed by atoms with E-state index in [2.05, 4.69) is 91.7 Å². The number of ether oxygens (including phenoxy) is 2. The smallest absolute Gasteiger partial charge is 0.274 e. The molecule has 119 heavy (non-hydrogen) atoms. The summed E-state index contributed by atoms with van der Waals surface area (Å²) in [5.41, 5.74) is 15.4. The number of nitrogens with two attached hydrogens (primary N) is 1. The molecule has 0 radical (unpaired) electrons. The van der Waals surface area contributed by atoms with Crippen LogP contribution in [0.25, 0.3) is 60.7 Å². The Morgan fingerprint density at radius 2 is 0.924 bits per heavy atom. The minimum Gasteiger partial charge on any atom is -0.481 e. The Labute approximate surface area is 682 Å². The van der Waals surface area contributed by atoms with Crippen molar-refractivity contribution in [2.75, 3.05) is 26.1 Å². The number of nitrogens with one attached hydrogen (secondary N) is 3. The fourth-order valence-corrected chi connectivity index (χ4v) is 14.4. The van der Waals surface area contributed by atoms with Crippen molar-refractivity contribution in [3.05, 3.63) is 348 Å². The summed E-state index contributed by atoms with van der Waals surface area (Å²) in [6.07, 6.45) is 16.5. The number of carbonyl (C=O) groups excluding carboxylic acids is 3. The van der Waals surface area contributed by atoms with Gasteiger partial charge in [0.15, 0.2) is 22.8 Å². The SMILES string of the molecule is COc1cc(C#Cc2cccc3cc([C@H](C)NC(=O)c4c(C)nn5cccnc45)n(-c4ccccc4)c(=O)c23)ccn1.C[C@H](NC(=O)c1nccnc1N)c1cc2cccc(C#Cc3cnn(C)c3)c2c(=O)n1-c1ccccc1.Cc1nn2cccnc2c1C(=O)N[C@@H](C)c1cc2cccc(C#CC3CCOCC3)c2c(=O)n1-c1ccccc1. The van der Waals surface area contributed by atoms with Gasteiger partial charge >= 0.3 is 0 Å². The zero-order valence-corrected chi connectivity index (χ0v) is 65.8. The largest absolute Gasteiger partial charge is 0.481 e. The third-order valence-electron chi connectivity index (χ3n) is 20.1. The van der Waals surface area contributed by atoms with E-state index in [9.17, 15) is 28.8 Å². The number of nitrogens with zero attached hydrogens (tertiary/aromatic N) is 14. The first-order chi connectivity index (χ1) is 57.9. The van der Waals surface area contributed by atoms with Crippen LogP contribution in [-0.4, -0.2) is 106 Å². The van der Waals surface area contributed by atoms with Crippen LogP contribution in [0, 0.1) is 55.3 Å². The molecule has 0 saturated carbocycles. The van der Waals surface area contributed by atoms with Crippen LogP contribution in [0.5, 0.6) is 5.88 Å². The highest BCUT2D eigenvalue weighted by molar-refractivity contribution is 6.02. The number of methoxy groups -OCH3 is 1. The maximum atomic E-state index is 14.3. The number of nitrogen functional groups attached to an aromatic ring is 1. The number of fused-ring (bicyclic) bond motifs is 5. The summed E-state index contributed by atoms with van der Waals surface area (Å²) < 4.78 is 20.4. The number of hydrogen-bond donors (Lipinski definition) is 4. The van der Waals surface area contributed by atoms with E-state index < -0.39 is 24.0 Å². The average Bonchev–Trinajstić information content (AvgIpc) is 1.73. The third kappa shape index (κ3) is 16.8. The summed E-state index contributed by atoms with van der Waals surface area (Å²) in [7, 11) is 3.37. The number of aryl methyl sites for hydroxylation is 3. The van der Waals surface area contributed by atoms with Crippen LogP contribution in [0.3, 0.4) is 0 Å². The van der Waals surface area contributed by atoms with Gasteiger partial charge in [0.1, 0.15) is 11.1 Å². The topological polar surface area (TPSA) is 315 Å². The second-order valence-electron chi connectivity index (χ2n) is 28.2. The molecular weight excluding hydrogens is 1500 g/mol. The van der Waals surface area contributed by atoms with Crippen LogP contribution < -0.4 is 43.1 Å². The number of anilines is 1. The number of benzene rings is 6. The number of rotatable bonds is 13. The van der Waals surface area contributed by atoms with Gasteiger partial charge in [-0.1, -0.05) is 127 Å². The maximum Gasteiger partial charge on any atom is 0.274 e. The lowest BCUT2D eigenvalue weighted by molar-refractivity contribution is 0.0807. The highest BCUT2D eigenvalue weighted by Crippen LogP contribution is 2.30. The fraction of sp³-hybridized carbons (Fsp3) is 0.161. The Hall–Kier alpha value is -15.7. The summed E-state index contributed by atoms with van der Waals surface area (Å²) >= 11 is 0. The van der Waals surface area contributed by atoms with Gasteiger partial charge in [0.2, 0.25) is 5.88 Å². The number of pyridine rings is 4. The predicted octanol–water partition coefficient (Wildman–Crippen LogP) is 12.2. The van der Waals surface area contributed by atoms with Crippen molar-refractivity contribution < 1.29 is 23.9 Å². The molecule has 26 nitrogen and oxygen atoms in total. The third-order valence-corrected chi connectivity index (χ3v) is 20.1. The normalized spacial score (nSPS) is 12.6. The van der Waals surface area contributed by atoms with Gasteiger partial charge in [0.05, 0.1) is 64.5 Å². The van der Waals surface area contributed by atoms with Crippen molar-refractivity contribution in [2.45, 2.75) is 65.6 Å². The van der Waals surface area contributed by atoms with Crippen LogP contribution in [0.2, 0.25) is 0 Å². The van der Waals surface area contributed by atoms with Crippen LogP contribution in [0.4, 0.5) is 5.82 Å². The van der Waals surface area contributed by atoms with E-state index in [0.717, 1.165) is 29.2 Å². The van der Waals surface area contributed by atoms with E-state index in [-0.39, 0.29) is 45.9 Å². The van der Waals surface area contributed by atoms with Crippen molar-refractivity contribution in [3.63, 3.8) is 0 Å². The summed E-state index contributed by atoms with van der Waals surface area (Å²) in [4.78, 5) is 103. The minimum atomic E-state index is -0.559. The molecule has 26 heteroatoms. The molecule has 11 heterocycles. The van der Waals surface area contributed by atoms with Gasteiger partial charge in [-0.25, -0.2) is 34.0 Å². The van der Waals surface area contributed by atoms with E-state index >= 15 is 0 Å². The molecule has 10 aromatic heterocycles. The molecule has 5 N–H and O–H groups in total. The van der Waals surface area contributed by atoms with Crippen molar-refractivity contribution in [2.24, 2.45) is 13.0 Å². The van der Waals surface area contributed by atoms with Gasteiger partial charge < -0.3 is 31.2 Å². The van der Waals surface area contributed by atoms with Crippen LogP contribution in [0.15, 0.2) is 258 Å². The molecule has 1 aliphatic rings. The molecule has 1 fully saturated rings. The standard InChI is InChI=1S/C33H26N6O3.C32H29N5O3.C28H23N7O2/c1-21(36-32(40)29-22(2)37-38-18-8-16-35-31(29)38)27-20-25-10-7-9-24(14-13-23-15-17-34-28(19-23)42-3)30(25)33(41)39(27)26-11-5-4-6-12-26;1-21(34-31(38)28-22(2)35-36-17-7-16-33-30(28)36)27-20-25-9-6-8-24(13-12-23-14-18-40-19-15-23)29(25)32(39)37(27)26-10-4-3-5-11-26;1-18(33-27(36)25-26(29)31-14-13-30-25)23-15-21-8-6-7-20(12-11-19-16-32-34(2)17-19)24(21)28(37)35(23)22-9-4-3-5-10-22/h4-12,15-21H,1-3H3,(H,36,40);3-11,16-17,20-21,23H,14-15,18-19H2,1-2H3,(H,34,38);3-10,13-18H,1-2H3,(H2,29,31)(H,33,36)/t2*21-;18-/m000/s1. The minimum absolute atomic E-state index is 0.0247. The summed E-state index contributed by atoms with van der Waals surface area (Å²) in [5, 5.41) is 25.8. The predicted molar refractivity (Wildman–Crippen MR) is 455 cm³/mol. The number of carbonyl (C=O) groups is 3. The van der Waals surface area contributed by atoms with Gasteiger partial charge in [0, 0.05) is 138 Å². The van der Waals surface area contributed by atoms with Crippen LogP contribution >= 0.6 is 0 Å².